The Bertz CT molecular complexity index is 499. The second kappa shape index (κ2) is 9.67. The average molecular weight is 305 g/mol. The number of nitrogens with zero attached hydrogens (tertiary/aromatic N) is 1. The number of rotatable bonds is 9. The summed E-state index contributed by atoms with van der Waals surface area (Å²) in [5, 5.41) is 3.23. The van der Waals surface area contributed by atoms with Gasteiger partial charge in [-0.2, -0.15) is 0 Å². The van der Waals surface area contributed by atoms with E-state index >= 15 is 0 Å². The Morgan fingerprint density at radius 1 is 1.33 bits per heavy atom. The molecule has 0 aliphatic rings. The zero-order valence-electron chi connectivity index (χ0n) is 13.7. The summed E-state index contributed by atoms with van der Waals surface area (Å²) < 4.78 is 0. The molecule has 0 saturated heterocycles. The Morgan fingerprint density at radius 2 is 2.10 bits per heavy atom. The number of thiazole rings is 1. The van der Waals surface area contributed by atoms with E-state index in [0.29, 0.717) is 0 Å². The molecule has 1 unspecified atom stereocenters. The average Bonchev–Trinajstić information content (AvgIpc) is 2.83. The van der Waals surface area contributed by atoms with Crippen LogP contribution in [0.4, 0.5) is 0 Å². The molecule has 0 bridgehead atoms. The van der Waals surface area contributed by atoms with Crippen molar-refractivity contribution in [3.8, 4) is 0 Å². The Morgan fingerprint density at radius 3 is 2.71 bits per heavy atom. The molecule has 1 rings (SSSR count). The second-order valence-corrected chi connectivity index (χ2v) is 6.94. The minimum absolute atomic E-state index is 0.199. The van der Waals surface area contributed by atoms with Gasteiger partial charge < -0.3 is 4.79 Å². The maximum absolute atomic E-state index is 10.6. The van der Waals surface area contributed by atoms with Crippen molar-refractivity contribution >= 4 is 23.7 Å². The van der Waals surface area contributed by atoms with E-state index in [1.54, 1.807) is 11.3 Å². The van der Waals surface area contributed by atoms with Crippen LogP contribution in [0.3, 0.4) is 0 Å². The smallest absolute Gasteiger partial charge is 0.122 e. The summed E-state index contributed by atoms with van der Waals surface area (Å²) in [6.07, 6.45) is 10.9. The van der Waals surface area contributed by atoms with Gasteiger partial charge in [0.05, 0.1) is 10.7 Å². The van der Waals surface area contributed by atoms with Gasteiger partial charge in [0.1, 0.15) is 6.29 Å². The maximum atomic E-state index is 10.6. The van der Waals surface area contributed by atoms with E-state index in [-0.39, 0.29) is 5.92 Å². The lowest BCUT2D eigenvalue weighted by Crippen LogP contribution is -1.95. The molecular formula is C18H27NOS. The molecule has 0 spiro atoms. The largest absolute Gasteiger partial charge is 0.303 e. The van der Waals surface area contributed by atoms with Crippen LogP contribution in [0.2, 0.25) is 0 Å². The highest BCUT2D eigenvalue weighted by atomic mass is 32.1. The summed E-state index contributed by atoms with van der Waals surface area (Å²) in [6.45, 7) is 8.38. The van der Waals surface area contributed by atoms with Crippen LogP contribution in [-0.4, -0.2) is 11.3 Å². The topological polar surface area (TPSA) is 30.0 Å². The highest BCUT2D eigenvalue weighted by molar-refractivity contribution is 7.09. The van der Waals surface area contributed by atoms with Crippen molar-refractivity contribution in [3.05, 3.63) is 33.3 Å². The van der Waals surface area contributed by atoms with E-state index in [2.05, 4.69) is 36.4 Å². The summed E-state index contributed by atoms with van der Waals surface area (Å²) in [6, 6.07) is 0. The molecule has 2 nitrogen and oxygen atoms in total. The fraction of sp³-hybridized carbons (Fsp3) is 0.556. The zero-order valence-corrected chi connectivity index (χ0v) is 14.5. The first kappa shape index (κ1) is 17.8. The van der Waals surface area contributed by atoms with Crippen LogP contribution in [-0.2, 0) is 4.79 Å². The molecule has 1 aromatic heterocycles. The van der Waals surface area contributed by atoms with Crippen LogP contribution in [0.1, 0.15) is 63.6 Å². The number of aryl methyl sites for hydroxylation is 1. The van der Waals surface area contributed by atoms with Gasteiger partial charge >= 0.3 is 0 Å². The highest BCUT2D eigenvalue weighted by Gasteiger charge is 2.00. The molecule has 1 aromatic rings. The predicted octanol–water partition coefficient (Wildman–Crippen LogP) is 5.59. The predicted molar refractivity (Wildman–Crippen MR) is 92.6 cm³/mol. The first-order valence-electron chi connectivity index (χ1n) is 7.71. The normalized spacial score (nSPS) is 14.3. The fourth-order valence-electron chi connectivity index (χ4n) is 2.19. The van der Waals surface area contributed by atoms with Gasteiger partial charge in [-0.3, -0.25) is 0 Å². The molecule has 21 heavy (non-hydrogen) atoms. The molecule has 0 fully saturated rings. The molecule has 0 aromatic carbocycles. The fourth-order valence-corrected chi connectivity index (χ4v) is 2.76. The Labute approximate surface area is 133 Å². The first-order chi connectivity index (χ1) is 10.0. The molecule has 0 aliphatic heterocycles. The summed E-state index contributed by atoms with van der Waals surface area (Å²) in [5.74, 6) is 0.199. The standard InChI is InChI=1S/C18H27NOS/c1-14(8-6-10-16(3)12-20)7-5-9-15(2)11-18-13-21-17(4)19-18/h7,11-13,16H,5-6,8-10H2,1-4H3/b14-7-,15-11+. The van der Waals surface area contributed by atoms with Crippen LogP contribution >= 0.6 is 11.3 Å². The molecule has 0 aliphatic carbocycles. The van der Waals surface area contributed by atoms with Crippen molar-refractivity contribution in [2.75, 3.05) is 0 Å². The van der Waals surface area contributed by atoms with E-state index in [4.69, 9.17) is 0 Å². The third-order valence-corrected chi connectivity index (χ3v) is 4.32. The third kappa shape index (κ3) is 7.96. The van der Waals surface area contributed by atoms with Gasteiger partial charge in [-0.1, -0.05) is 24.1 Å². The summed E-state index contributed by atoms with van der Waals surface area (Å²) in [7, 11) is 0. The van der Waals surface area contributed by atoms with Gasteiger partial charge in [-0.05, 0) is 59.0 Å². The minimum atomic E-state index is 0.199. The number of carbonyl (C=O) groups excluding carboxylic acids is 1. The zero-order chi connectivity index (χ0) is 15.7. The molecule has 3 heteroatoms. The number of aldehydes is 1. The molecule has 0 amide bonds. The molecular weight excluding hydrogens is 278 g/mol. The van der Waals surface area contributed by atoms with Crippen LogP contribution in [0, 0.1) is 12.8 Å². The van der Waals surface area contributed by atoms with E-state index in [0.717, 1.165) is 49.1 Å². The van der Waals surface area contributed by atoms with Crippen molar-refractivity contribution in [1.29, 1.82) is 0 Å². The van der Waals surface area contributed by atoms with Crippen LogP contribution in [0.5, 0.6) is 0 Å². The van der Waals surface area contributed by atoms with Crippen LogP contribution in [0.15, 0.2) is 22.6 Å². The third-order valence-electron chi connectivity index (χ3n) is 3.53. The summed E-state index contributed by atoms with van der Waals surface area (Å²) in [5.41, 5.74) is 3.89. The number of carbonyl (C=O) groups is 1. The maximum Gasteiger partial charge on any atom is 0.122 e. The number of hydrogen-bond acceptors (Lipinski definition) is 3. The SMILES string of the molecule is C/C(=C/CC/C(C)=C/c1csc(C)n1)CCCC(C)C=O. The van der Waals surface area contributed by atoms with Gasteiger partial charge in [0, 0.05) is 11.3 Å². The lowest BCUT2D eigenvalue weighted by atomic mass is 10.0. The molecule has 116 valence electrons. The minimum Gasteiger partial charge on any atom is -0.303 e. The molecule has 1 heterocycles. The molecule has 0 N–H and O–H groups in total. The van der Waals surface area contributed by atoms with Gasteiger partial charge in [0.2, 0.25) is 0 Å². The molecule has 0 saturated carbocycles. The molecule has 1 atom stereocenters. The van der Waals surface area contributed by atoms with Gasteiger partial charge in [0.25, 0.3) is 0 Å². The van der Waals surface area contributed by atoms with Crippen molar-refractivity contribution in [3.63, 3.8) is 0 Å². The Kier molecular flexibility index (Phi) is 8.21. The monoisotopic (exact) mass is 305 g/mol. The van der Waals surface area contributed by atoms with Crippen molar-refractivity contribution in [2.24, 2.45) is 5.92 Å². The Hall–Kier alpha value is -1.22. The number of allylic oxidation sites excluding steroid dienone is 3. The highest BCUT2D eigenvalue weighted by Crippen LogP contribution is 2.16. The van der Waals surface area contributed by atoms with E-state index in [1.165, 1.54) is 11.1 Å². The lowest BCUT2D eigenvalue weighted by molar-refractivity contribution is -0.110. The Balaban J connectivity index is 2.29. The second-order valence-electron chi connectivity index (χ2n) is 5.88. The van der Waals surface area contributed by atoms with Crippen LogP contribution in [0.25, 0.3) is 6.08 Å². The van der Waals surface area contributed by atoms with Gasteiger partial charge in [-0.15, -0.1) is 11.3 Å². The van der Waals surface area contributed by atoms with Crippen LogP contribution < -0.4 is 0 Å². The molecule has 0 radical (unpaired) electrons. The van der Waals surface area contributed by atoms with Crippen molar-refractivity contribution in [1.82, 2.24) is 4.98 Å². The lowest BCUT2D eigenvalue weighted by Gasteiger charge is -2.04. The van der Waals surface area contributed by atoms with E-state index < -0.39 is 0 Å². The van der Waals surface area contributed by atoms with Gasteiger partial charge in [0.15, 0.2) is 0 Å². The quantitative estimate of drug-likeness (QED) is 0.440. The van der Waals surface area contributed by atoms with Crippen molar-refractivity contribution < 1.29 is 4.79 Å². The van der Waals surface area contributed by atoms with Crippen molar-refractivity contribution in [2.45, 2.75) is 59.8 Å². The number of hydrogen-bond donors (Lipinski definition) is 0. The van der Waals surface area contributed by atoms with E-state index in [9.17, 15) is 4.79 Å². The summed E-state index contributed by atoms with van der Waals surface area (Å²) in [4.78, 5) is 15.0. The van der Waals surface area contributed by atoms with Gasteiger partial charge in [-0.25, -0.2) is 4.98 Å². The van der Waals surface area contributed by atoms with E-state index in [1.807, 2.05) is 13.8 Å². The first-order valence-corrected chi connectivity index (χ1v) is 8.59. The summed E-state index contributed by atoms with van der Waals surface area (Å²) >= 11 is 1.70. The number of aromatic nitrogens is 1.